The van der Waals surface area contributed by atoms with Crippen molar-refractivity contribution in [1.29, 1.82) is 0 Å². The molecule has 1 aromatic carbocycles. The summed E-state index contributed by atoms with van der Waals surface area (Å²) >= 11 is 0. The van der Waals surface area contributed by atoms with E-state index in [1.165, 1.54) is 16.0 Å². The molecule has 0 spiro atoms. The van der Waals surface area contributed by atoms with Gasteiger partial charge in [-0.3, -0.25) is 4.79 Å². The highest BCUT2D eigenvalue weighted by molar-refractivity contribution is 5.89. The Morgan fingerprint density at radius 2 is 2.00 bits per heavy atom. The van der Waals surface area contributed by atoms with Gasteiger partial charge in [0.05, 0.1) is 17.2 Å². The van der Waals surface area contributed by atoms with Crippen molar-refractivity contribution < 1.29 is 4.79 Å². The number of aromatic nitrogens is 4. The first-order valence-electron chi connectivity index (χ1n) is 8.19. The molecule has 3 N–H and O–H groups in total. The zero-order valence-electron chi connectivity index (χ0n) is 14.9. The molecule has 8 nitrogen and oxygen atoms in total. The van der Waals surface area contributed by atoms with Gasteiger partial charge in [0.2, 0.25) is 11.6 Å². The van der Waals surface area contributed by atoms with Crippen LogP contribution in [0.2, 0.25) is 0 Å². The molecule has 0 atom stereocenters. The van der Waals surface area contributed by atoms with Crippen molar-refractivity contribution in [3.8, 4) is 0 Å². The van der Waals surface area contributed by atoms with E-state index in [2.05, 4.69) is 15.4 Å². The standard InChI is InChI=1S/C18H20N6O2/c1-4-13-15(5-2)24-17(16(19)21-13)22-23(18(24)26)10-12-8-6-7-9-14(12)20-11(3)25/h4-9H,10H2,1-3H3,(H2,19,21)(H,20,25)/b13-4+,15-5+. The summed E-state index contributed by atoms with van der Waals surface area (Å²) in [5.41, 5.74) is 7.39. The molecule has 0 aliphatic rings. The van der Waals surface area contributed by atoms with Crippen LogP contribution in [0.1, 0.15) is 26.3 Å². The van der Waals surface area contributed by atoms with Crippen LogP contribution in [0.4, 0.5) is 11.5 Å². The van der Waals surface area contributed by atoms with Crippen molar-refractivity contribution in [3.63, 3.8) is 0 Å². The second-order valence-corrected chi connectivity index (χ2v) is 5.78. The number of carbonyl (C=O) groups excluding carboxylic acids is 1. The summed E-state index contributed by atoms with van der Waals surface area (Å²) in [6.07, 6.45) is 3.59. The lowest BCUT2D eigenvalue weighted by atomic mass is 10.2. The topological polar surface area (TPSA) is 107 Å². The number of nitrogens with zero attached hydrogens (tertiary/aromatic N) is 4. The fourth-order valence-electron chi connectivity index (χ4n) is 2.87. The predicted molar refractivity (Wildman–Crippen MR) is 101 cm³/mol. The molecule has 0 saturated heterocycles. The molecule has 1 amide bonds. The smallest absolute Gasteiger partial charge is 0.351 e. The summed E-state index contributed by atoms with van der Waals surface area (Å²) in [5, 5.41) is 8.37. The summed E-state index contributed by atoms with van der Waals surface area (Å²) in [4.78, 5) is 28.6. The van der Waals surface area contributed by atoms with E-state index < -0.39 is 0 Å². The second-order valence-electron chi connectivity index (χ2n) is 5.78. The van der Waals surface area contributed by atoms with Crippen LogP contribution in [0, 0.1) is 0 Å². The minimum Gasteiger partial charge on any atom is -0.381 e. The second kappa shape index (κ2) is 6.83. The van der Waals surface area contributed by atoms with Gasteiger partial charge in [-0.15, -0.1) is 5.10 Å². The van der Waals surface area contributed by atoms with Crippen LogP contribution in [-0.2, 0) is 11.3 Å². The molecule has 0 aliphatic heterocycles. The fraction of sp³-hybridized carbons (Fsp3) is 0.222. The zero-order valence-corrected chi connectivity index (χ0v) is 14.9. The molecule has 0 aliphatic carbocycles. The van der Waals surface area contributed by atoms with Crippen molar-refractivity contribution in [3.05, 3.63) is 51.0 Å². The van der Waals surface area contributed by atoms with Crippen LogP contribution in [0.25, 0.3) is 17.8 Å². The molecule has 134 valence electrons. The largest absolute Gasteiger partial charge is 0.381 e. The van der Waals surface area contributed by atoms with Gasteiger partial charge in [-0.1, -0.05) is 30.4 Å². The summed E-state index contributed by atoms with van der Waals surface area (Å²) in [5.74, 6) is 0.00827. The van der Waals surface area contributed by atoms with Gasteiger partial charge in [-0.25, -0.2) is 18.9 Å². The summed E-state index contributed by atoms with van der Waals surface area (Å²) in [6, 6.07) is 7.27. The van der Waals surface area contributed by atoms with E-state index in [0.29, 0.717) is 22.0 Å². The molecule has 2 aromatic heterocycles. The Bertz CT molecular complexity index is 1170. The number of nitrogens with one attached hydrogen (secondary N) is 1. The Kier molecular flexibility index (Phi) is 4.57. The van der Waals surface area contributed by atoms with Crippen molar-refractivity contribution in [2.45, 2.75) is 27.3 Å². The van der Waals surface area contributed by atoms with Gasteiger partial charge in [-0.05, 0) is 25.5 Å². The van der Waals surface area contributed by atoms with E-state index in [1.807, 2.05) is 32.0 Å². The lowest BCUT2D eigenvalue weighted by Crippen LogP contribution is -2.40. The lowest BCUT2D eigenvalue weighted by molar-refractivity contribution is -0.114. The number of anilines is 2. The molecule has 2 heterocycles. The number of nitrogen functional groups attached to an aromatic ring is 1. The highest BCUT2D eigenvalue weighted by atomic mass is 16.2. The highest BCUT2D eigenvalue weighted by Gasteiger charge is 2.14. The first-order chi connectivity index (χ1) is 12.5. The van der Waals surface area contributed by atoms with E-state index in [-0.39, 0.29) is 24.0 Å². The average molecular weight is 352 g/mol. The summed E-state index contributed by atoms with van der Waals surface area (Å²) in [7, 11) is 0. The number of para-hydroxylation sites is 1. The molecule has 0 radical (unpaired) electrons. The maximum Gasteiger partial charge on any atom is 0.351 e. The number of carbonyl (C=O) groups is 1. The van der Waals surface area contributed by atoms with Gasteiger partial charge in [0.1, 0.15) is 0 Å². The first-order valence-corrected chi connectivity index (χ1v) is 8.19. The maximum absolute atomic E-state index is 12.9. The third-order valence-corrected chi connectivity index (χ3v) is 4.01. The van der Waals surface area contributed by atoms with E-state index in [0.717, 1.165) is 5.56 Å². The van der Waals surface area contributed by atoms with Crippen LogP contribution < -0.4 is 27.4 Å². The molecule has 3 rings (SSSR count). The Balaban J connectivity index is 2.21. The van der Waals surface area contributed by atoms with Gasteiger partial charge in [0.15, 0.2) is 5.82 Å². The number of hydrogen-bond acceptors (Lipinski definition) is 5. The van der Waals surface area contributed by atoms with Crippen LogP contribution >= 0.6 is 0 Å². The quantitative estimate of drug-likeness (QED) is 0.694. The van der Waals surface area contributed by atoms with E-state index >= 15 is 0 Å². The lowest BCUT2D eigenvalue weighted by Gasteiger charge is -2.08. The third kappa shape index (κ3) is 2.97. The van der Waals surface area contributed by atoms with Crippen LogP contribution in [0.15, 0.2) is 29.1 Å². The third-order valence-electron chi connectivity index (χ3n) is 4.01. The van der Waals surface area contributed by atoms with Crippen molar-refractivity contribution >= 4 is 35.2 Å². The van der Waals surface area contributed by atoms with Crippen LogP contribution in [0.5, 0.6) is 0 Å². The van der Waals surface area contributed by atoms with E-state index in [1.54, 1.807) is 18.2 Å². The highest BCUT2D eigenvalue weighted by Crippen LogP contribution is 2.15. The van der Waals surface area contributed by atoms with E-state index in [4.69, 9.17) is 5.73 Å². The number of benzene rings is 1. The maximum atomic E-state index is 12.9. The molecular weight excluding hydrogens is 332 g/mol. The number of rotatable bonds is 3. The molecule has 3 aromatic rings. The Morgan fingerprint density at radius 1 is 1.27 bits per heavy atom. The van der Waals surface area contributed by atoms with Crippen LogP contribution in [0.3, 0.4) is 0 Å². The van der Waals surface area contributed by atoms with Crippen molar-refractivity contribution in [2.24, 2.45) is 0 Å². The van der Waals surface area contributed by atoms with Gasteiger partial charge < -0.3 is 11.1 Å². The molecule has 26 heavy (non-hydrogen) atoms. The van der Waals surface area contributed by atoms with Gasteiger partial charge in [-0.2, -0.15) is 0 Å². The van der Waals surface area contributed by atoms with Gasteiger partial charge in [0, 0.05) is 12.6 Å². The summed E-state index contributed by atoms with van der Waals surface area (Å²) < 4.78 is 2.78. The zero-order chi connectivity index (χ0) is 18.8. The van der Waals surface area contributed by atoms with Crippen LogP contribution in [-0.4, -0.2) is 25.1 Å². The predicted octanol–water partition coefficient (Wildman–Crippen LogP) is 0.0807. The Labute approximate surface area is 149 Å². The molecule has 0 saturated carbocycles. The molecule has 0 unspecified atom stereocenters. The first kappa shape index (κ1) is 17.4. The SMILES string of the molecule is C/C=c1/nc(N)c2nn(Cc3ccccc3NC(C)=O)c(=O)n2/c1=C/C. The van der Waals surface area contributed by atoms with Crippen molar-refractivity contribution in [2.75, 3.05) is 11.1 Å². The Hall–Kier alpha value is -3.42. The molecule has 0 fully saturated rings. The number of amides is 1. The normalized spacial score (nSPS) is 12.7. The minimum atomic E-state index is -0.317. The number of hydrogen-bond donors (Lipinski definition) is 2. The molecule has 8 heteroatoms. The van der Waals surface area contributed by atoms with Gasteiger partial charge >= 0.3 is 5.69 Å². The fourth-order valence-corrected chi connectivity index (χ4v) is 2.87. The number of fused-ring (bicyclic) bond motifs is 1. The van der Waals surface area contributed by atoms with Gasteiger partial charge in [0.25, 0.3) is 0 Å². The molecule has 0 bridgehead atoms. The monoisotopic (exact) mass is 352 g/mol. The summed E-state index contributed by atoms with van der Waals surface area (Å²) in [6.45, 7) is 5.30. The average Bonchev–Trinajstić information content (AvgIpc) is 2.93. The minimum absolute atomic E-state index is 0.181. The molecular formula is C18H20N6O2. The van der Waals surface area contributed by atoms with Crippen molar-refractivity contribution in [1.82, 2.24) is 19.2 Å². The Morgan fingerprint density at radius 3 is 2.65 bits per heavy atom. The number of nitrogens with two attached hydrogens (primary N) is 1. The van der Waals surface area contributed by atoms with E-state index in [9.17, 15) is 9.59 Å².